The van der Waals surface area contributed by atoms with Crippen molar-refractivity contribution in [3.8, 4) is 0 Å². The van der Waals surface area contributed by atoms with E-state index in [9.17, 15) is 0 Å². The van der Waals surface area contributed by atoms with Crippen molar-refractivity contribution >= 4 is 16.8 Å². The molecule has 2 heteroatoms. The van der Waals surface area contributed by atoms with Crippen LogP contribution in [0.1, 0.15) is 33.1 Å². The van der Waals surface area contributed by atoms with Crippen LogP contribution in [0.4, 0.5) is 0 Å². The summed E-state index contributed by atoms with van der Waals surface area (Å²) < 4.78 is 2.12. The molecule has 10 heavy (non-hydrogen) atoms. The van der Waals surface area contributed by atoms with E-state index in [2.05, 4.69) is 18.4 Å². The average Bonchev–Trinajstić information content (AvgIpc) is 1.89. The fourth-order valence-corrected chi connectivity index (χ4v) is 1.13. The third kappa shape index (κ3) is 3.89. The van der Waals surface area contributed by atoms with Gasteiger partial charge in [-0.05, 0) is 18.0 Å². The minimum atomic E-state index is 0.990. The highest BCUT2D eigenvalue weighted by Crippen LogP contribution is 1.96. The summed E-state index contributed by atoms with van der Waals surface area (Å²) >= 11 is 5.95. The zero-order valence-corrected chi connectivity index (χ0v) is 7.91. The molecule has 0 N–H and O–H groups in total. The molecule has 0 aliphatic heterocycles. The quantitative estimate of drug-likeness (QED) is 0.442. The summed E-state index contributed by atoms with van der Waals surface area (Å²) in [4.78, 5) is 0. The van der Waals surface area contributed by atoms with Crippen molar-refractivity contribution < 1.29 is 4.58 Å². The van der Waals surface area contributed by atoms with Crippen molar-refractivity contribution in [1.29, 1.82) is 0 Å². The van der Waals surface area contributed by atoms with Crippen LogP contribution in [0.5, 0.6) is 0 Å². The lowest BCUT2D eigenvalue weighted by atomic mass is 10.3. The molecule has 0 radical (unpaired) electrons. The number of hydrogen-bond donors (Lipinski definition) is 0. The van der Waals surface area contributed by atoms with Gasteiger partial charge in [0.1, 0.15) is 13.6 Å². The van der Waals surface area contributed by atoms with Crippen LogP contribution < -0.4 is 0 Å². The summed E-state index contributed by atoms with van der Waals surface area (Å²) in [6.45, 7) is 5.37. The minimum Gasteiger partial charge on any atom is -0.226 e. The van der Waals surface area contributed by atoms with Gasteiger partial charge in [0.25, 0.3) is 0 Å². The van der Waals surface area contributed by atoms with Gasteiger partial charge >= 0.3 is 0 Å². The summed E-state index contributed by atoms with van der Waals surface area (Å²) in [6.07, 6.45) is 3.31. The number of nitrogens with zero attached hydrogens (tertiary/aromatic N) is 1. The lowest BCUT2D eigenvalue weighted by Gasteiger charge is -1.96. The van der Waals surface area contributed by atoms with Crippen LogP contribution in [0.25, 0.3) is 0 Å². The Balaban J connectivity index is 3.79. The summed E-state index contributed by atoms with van der Waals surface area (Å²) in [5, 5.41) is 0.990. The maximum Gasteiger partial charge on any atom is 0.244 e. The Hall–Kier alpha value is -0.0400. The van der Waals surface area contributed by atoms with Gasteiger partial charge in [0, 0.05) is 12.8 Å². The maximum atomic E-state index is 5.95. The van der Waals surface area contributed by atoms with Gasteiger partial charge < -0.3 is 0 Å². The molecule has 0 aromatic heterocycles. The first kappa shape index (κ1) is 9.96. The first-order valence-electron chi connectivity index (χ1n) is 3.94. The van der Waals surface area contributed by atoms with E-state index >= 15 is 0 Å². The molecule has 1 nitrogen and oxygen atoms in total. The number of rotatable bonds is 4. The molecule has 0 aromatic rings. The standard InChI is InChI=1S/C8H17ClN/c1-4-6-8(9)10(3)7-5-2/h4-7H2,1-3H3/q+1. The highest BCUT2D eigenvalue weighted by atomic mass is 35.5. The van der Waals surface area contributed by atoms with Crippen LogP contribution in [0, 0.1) is 0 Å². The summed E-state index contributed by atoms with van der Waals surface area (Å²) in [5.41, 5.74) is 0. The van der Waals surface area contributed by atoms with Crippen LogP contribution in [0.15, 0.2) is 0 Å². The van der Waals surface area contributed by atoms with E-state index in [1.165, 1.54) is 0 Å². The molecule has 0 rings (SSSR count). The fourth-order valence-electron chi connectivity index (χ4n) is 0.854. The van der Waals surface area contributed by atoms with Gasteiger partial charge in [0.05, 0.1) is 0 Å². The van der Waals surface area contributed by atoms with Gasteiger partial charge in [-0.1, -0.05) is 13.8 Å². The predicted octanol–water partition coefficient (Wildman–Crippen LogP) is 2.48. The van der Waals surface area contributed by atoms with Crippen LogP contribution in [-0.4, -0.2) is 23.3 Å². The third-order valence-electron chi connectivity index (χ3n) is 1.43. The largest absolute Gasteiger partial charge is 0.244 e. The lowest BCUT2D eigenvalue weighted by Crippen LogP contribution is -2.13. The highest BCUT2D eigenvalue weighted by molar-refractivity contribution is 6.63. The SMILES string of the molecule is CCCC(Cl)=[N+](C)CCC. The van der Waals surface area contributed by atoms with Gasteiger partial charge in [-0.2, -0.15) is 0 Å². The second-order valence-electron chi connectivity index (χ2n) is 2.55. The Morgan fingerprint density at radius 3 is 2.30 bits per heavy atom. The zero-order valence-electron chi connectivity index (χ0n) is 7.15. The van der Waals surface area contributed by atoms with Crippen LogP contribution in [-0.2, 0) is 0 Å². The summed E-state index contributed by atoms with van der Waals surface area (Å²) in [7, 11) is 2.04. The molecule has 0 fully saturated rings. The Labute approximate surface area is 68.7 Å². The van der Waals surface area contributed by atoms with Crippen molar-refractivity contribution in [2.24, 2.45) is 0 Å². The summed E-state index contributed by atoms with van der Waals surface area (Å²) in [6, 6.07) is 0. The topological polar surface area (TPSA) is 3.01 Å². The molecule has 0 unspecified atom stereocenters. The van der Waals surface area contributed by atoms with Crippen molar-refractivity contribution in [2.45, 2.75) is 33.1 Å². The molecule has 0 amide bonds. The Bertz CT molecular complexity index is 104. The Morgan fingerprint density at radius 1 is 1.30 bits per heavy atom. The third-order valence-corrected chi connectivity index (χ3v) is 1.91. The maximum absolute atomic E-state index is 5.95. The molecule has 0 saturated carbocycles. The molecule has 0 aliphatic carbocycles. The van der Waals surface area contributed by atoms with E-state index in [-0.39, 0.29) is 0 Å². The van der Waals surface area contributed by atoms with Crippen molar-refractivity contribution in [3.63, 3.8) is 0 Å². The number of halogens is 1. The first-order valence-corrected chi connectivity index (χ1v) is 4.32. The zero-order chi connectivity index (χ0) is 7.98. The Kier molecular flexibility index (Phi) is 5.70. The molecule has 0 heterocycles. The second-order valence-corrected chi connectivity index (χ2v) is 2.98. The van der Waals surface area contributed by atoms with E-state index in [0.717, 1.165) is 31.0 Å². The van der Waals surface area contributed by atoms with E-state index < -0.39 is 0 Å². The minimum absolute atomic E-state index is 0.990. The molecule has 0 aromatic carbocycles. The van der Waals surface area contributed by atoms with Crippen LogP contribution >= 0.6 is 11.6 Å². The normalized spacial score (nSPS) is 13.2. The van der Waals surface area contributed by atoms with Crippen molar-refractivity contribution in [2.75, 3.05) is 13.6 Å². The fraction of sp³-hybridized carbons (Fsp3) is 0.875. The van der Waals surface area contributed by atoms with Crippen LogP contribution in [0.2, 0.25) is 0 Å². The first-order chi connectivity index (χ1) is 4.72. The van der Waals surface area contributed by atoms with Crippen LogP contribution in [0.3, 0.4) is 0 Å². The molecule has 0 saturated heterocycles. The van der Waals surface area contributed by atoms with Gasteiger partial charge in [-0.15, -0.1) is 0 Å². The number of hydrogen-bond acceptors (Lipinski definition) is 0. The van der Waals surface area contributed by atoms with Gasteiger partial charge in [-0.3, -0.25) is 0 Å². The Morgan fingerprint density at radius 2 is 1.90 bits per heavy atom. The van der Waals surface area contributed by atoms with Gasteiger partial charge in [0.15, 0.2) is 0 Å². The van der Waals surface area contributed by atoms with Gasteiger partial charge in [0.2, 0.25) is 5.17 Å². The van der Waals surface area contributed by atoms with E-state index in [1.54, 1.807) is 0 Å². The lowest BCUT2D eigenvalue weighted by molar-refractivity contribution is -0.496. The summed E-state index contributed by atoms with van der Waals surface area (Å²) in [5.74, 6) is 0. The molecule has 60 valence electrons. The highest BCUT2D eigenvalue weighted by Gasteiger charge is 2.03. The van der Waals surface area contributed by atoms with Gasteiger partial charge in [-0.25, -0.2) is 4.58 Å². The average molecular weight is 163 g/mol. The van der Waals surface area contributed by atoms with Crippen molar-refractivity contribution in [3.05, 3.63) is 0 Å². The van der Waals surface area contributed by atoms with E-state index in [0.29, 0.717) is 0 Å². The molecular weight excluding hydrogens is 146 g/mol. The monoisotopic (exact) mass is 162 g/mol. The smallest absolute Gasteiger partial charge is 0.226 e. The predicted molar refractivity (Wildman–Crippen MR) is 47.1 cm³/mol. The molecule has 0 bridgehead atoms. The van der Waals surface area contributed by atoms with E-state index in [1.807, 2.05) is 7.05 Å². The molecular formula is C8H17ClN+. The molecule has 0 atom stereocenters. The van der Waals surface area contributed by atoms with Crippen molar-refractivity contribution in [1.82, 2.24) is 0 Å². The second kappa shape index (κ2) is 5.72. The molecule has 0 spiro atoms. The van der Waals surface area contributed by atoms with E-state index in [4.69, 9.17) is 11.6 Å². The molecule has 0 aliphatic rings.